The molecule has 1 amide bonds. The van der Waals surface area contributed by atoms with Crippen LogP contribution in [0.4, 0.5) is 10.1 Å². The molecule has 16 heavy (non-hydrogen) atoms. The van der Waals surface area contributed by atoms with E-state index in [-0.39, 0.29) is 5.91 Å². The Morgan fingerprint density at radius 1 is 1.50 bits per heavy atom. The third-order valence-corrected chi connectivity index (χ3v) is 2.44. The fourth-order valence-electron chi connectivity index (χ4n) is 1.29. The molecule has 1 aromatic carbocycles. The summed E-state index contributed by atoms with van der Waals surface area (Å²) >= 11 is 5.87. The highest BCUT2D eigenvalue weighted by Gasteiger charge is 2.15. The molecule has 0 heterocycles. The molecule has 0 fully saturated rings. The van der Waals surface area contributed by atoms with Crippen LogP contribution in [0.3, 0.4) is 0 Å². The van der Waals surface area contributed by atoms with Gasteiger partial charge in [-0.05, 0) is 25.1 Å². The Bertz CT molecular complexity index is 396. The molecule has 1 rings (SSSR count). The Morgan fingerprint density at radius 3 is 2.69 bits per heavy atom. The monoisotopic (exact) mass is 244 g/mol. The molecule has 0 aromatic heterocycles. The fraction of sp³-hybridized carbons (Fsp3) is 0.364. The Hall–Kier alpha value is -1.29. The van der Waals surface area contributed by atoms with Gasteiger partial charge in [-0.25, -0.2) is 4.39 Å². The van der Waals surface area contributed by atoms with E-state index in [2.05, 4.69) is 5.32 Å². The molecule has 1 aromatic rings. The lowest BCUT2D eigenvalue weighted by molar-refractivity contribution is -0.129. The molecule has 1 atom stereocenters. The second-order valence-corrected chi connectivity index (χ2v) is 4.13. The molecule has 1 unspecified atom stereocenters. The number of hydrogen-bond donors (Lipinski definition) is 1. The summed E-state index contributed by atoms with van der Waals surface area (Å²) in [4.78, 5) is 13.0. The molecule has 0 aliphatic heterocycles. The molecule has 0 spiro atoms. The van der Waals surface area contributed by atoms with Crippen LogP contribution in [0.15, 0.2) is 18.2 Å². The van der Waals surface area contributed by atoms with Crippen molar-refractivity contribution in [3.05, 3.63) is 29.0 Å². The van der Waals surface area contributed by atoms with E-state index in [9.17, 15) is 9.18 Å². The lowest BCUT2D eigenvalue weighted by Crippen LogP contribution is -2.36. The smallest absolute Gasteiger partial charge is 0.244 e. The summed E-state index contributed by atoms with van der Waals surface area (Å²) in [6, 6.07) is 3.54. The van der Waals surface area contributed by atoms with Crippen LogP contribution in [-0.4, -0.2) is 30.9 Å². The highest BCUT2D eigenvalue weighted by Crippen LogP contribution is 2.23. The fourth-order valence-corrected chi connectivity index (χ4v) is 1.46. The third kappa shape index (κ3) is 3.10. The maximum absolute atomic E-state index is 13.0. The van der Waals surface area contributed by atoms with Gasteiger partial charge in [-0.3, -0.25) is 4.79 Å². The van der Waals surface area contributed by atoms with Crippen molar-refractivity contribution in [3.8, 4) is 0 Å². The summed E-state index contributed by atoms with van der Waals surface area (Å²) in [6.07, 6.45) is 0. The molecule has 0 aliphatic rings. The number of carbonyl (C=O) groups is 1. The van der Waals surface area contributed by atoms with Gasteiger partial charge in [0.2, 0.25) is 5.91 Å². The quantitative estimate of drug-likeness (QED) is 0.885. The summed E-state index contributed by atoms with van der Waals surface area (Å²) in [6.45, 7) is 1.70. The second-order valence-electron chi connectivity index (χ2n) is 3.72. The SMILES string of the molecule is CC(Nc1cc(F)ccc1Cl)C(=O)N(C)C. The molecule has 0 radical (unpaired) electrons. The minimum absolute atomic E-state index is 0.0969. The number of benzene rings is 1. The van der Waals surface area contributed by atoms with Gasteiger partial charge in [-0.2, -0.15) is 0 Å². The normalized spacial score (nSPS) is 12.1. The van der Waals surface area contributed by atoms with E-state index in [4.69, 9.17) is 11.6 Å². The summed E-state index contributed by atoms with van der Waals surface area (Å²) in [7, 11) is 3.32. The first kappa shape index (κ1) is 12.8. The maximum Gasteiger partial charge on any atom is 0.244 e. The van der Waals surface area contributed by atoms with Crippen LogP contribution in [0.1, 0.15) is 6.92 Å². The summed E-state index contributed by atoms with van der Waals surface area (Å²) in [5, 5.41) is 3.26. The van der Waals surface area contributed by atoms with Crippen molar-refractivity contribution in [2.75, 3.05) is 19.4 Å². The first-order valence-corrected chi connectivity index (χ1v) is 5.22. The van der Waals surface area contributed by atoms with Gasteiger partial charge in [-0.1, -0.05) is 11.6 Å². The van der Waals surface area contributed by atoms with Crippen molar-refractivity contribution >= 4 is 23.2 Å². The van der Waals surface area contributed by atoms with E-state index < -0.39 is 11.9 Å². The van der Waals surface area contributed by atoms with Gasteiger partial charge in [0.15, 0.2) is 0 Å². The van der Waals surface area contributed by atoms with E-state index in [0.29, 0.717) is 10.7 Å². The number of likely N-dealkylation sites (N-methyl/N-ethyl adjacent to an activating group) is 1. The standard InChI is InChI=1S/C11H14ClFN2O/c1-7(11(16)15(2)3)14-10-6-8(13)4-5-9(10)12/h4-7,14H,1-3H3. The van der Waals surface area contributed by atoms with Crippen LogP contribution in [0.25, 0.3) is 0 Å². The molecule has 88 valence electrons. The van der Waals surface area contributed by atoms with Crippen molar-refractivity contribution in [3.63, 3.8) is 0 Å². The zero-order valence-electron chi connectivity index (χ0n) is 9.42. The average Bonchev–Trinajstić information content (AvgIpc) is 2.22. The number of nitrogens with one attached hydrogen (secondary N) is 1. The Balaban J connectivity index is 2.80. The molecule has 0 saturated carbocycles. The minimum Gasteiger partial charge on any atom is -0.373 e. The van der Waals surface area contributed by atoms with Gasteiger partial charge in [0.25, 0.3) is 0 Å². The second kappa shape index (κ2) is 5.16. The van der Waals surface area contributed by atoms with Crippen LogP contribution >= 0.6 is 11.6 Å². The van der Waals surface area contributed by atoms with E-state index in [1.807, 2.05) is 0 Å². The van der Waals surface area contributed by atoms with Gasteiger partial charge in [-0.15, -0.1) is 0 Å². The molecule has 1 N–H and O–H groups in total. The van der Waals surface area contributed by atoms with Crippen LogP contribution in [0, 0.1) is 5.82 Å². The predicted octanol–water partition coefficient (Wildman–Crippen LogP) is 2.37. The summed E-state index contributed by atoms with van der Waals surface area (Å²) < 4.78 is 13.0. The Kier molecular flexibility index (Phi) is 4.12. The lowest BCUT2D eigenvalue weighted by atomic mass is 10.2. The zero-order valence-corrected chi connectivity index (χ0v) is 10.2. The first-order chi connectivity index (χ1) is 7.41. The number of nitrogens with zero attached hydrogens (tertiary/aromatic N) is 1. The van der Waals surface area contributed by atoms with Gasteiger partial charge in [0, 0.05) is 14.1 Å². The average molecular weight is 245 g/mol. The number of hydrogen-bond acceptors (Lipinski definition) is 2. The molecule has 3 nitrogen and oxygen atoms in total. The predicted molar refractivity (Wildman–Crippen MR) is 63.2 cm³/mol. The third-order valence-electron chi connectivity index (χ3n) is 2.11. The van der Waals surface area contributed by atoms with E-state index in [1.165, 1.54) is 23.1 Å². The molecular weight excluding hydrogens is 231 g/mol. The van der Waals surface area contributed by atoms with Crippen molar-refractivity contribution < 1.29 is 9.18 Å². The van der Waals surface area contributed by atoms with Crippen molar-refractivity contribution in [1.29, 1.82) is 0 Å². The lowest BCUT2D eigenvalue weighted by Gasteiger charge is -2.19. The Morgan fingerprint density at radius 2 is 2.12 bits per heavy atom. The number of amides is 1. The van der Waals surface area contributed by atoms with Gasteiger partial charge >= 0.3 is 0 Å². The van der Waals surface area contributed by atoms with Crippen LogP contribution < -0.4 is 5.32 Å². The number of rotatable bonds is 3. The van der Waals surface area contributed by atoms with Gasteiger partial charge in [0.05, 0.1) is 10.7 Å². The minimum atomic E-state index is -0.450. The number of carbonyl (C=O) groups excluding carboxylic acids is 1. The topological polar surface area (TPSA) is 32.3 Å². The van der Waals surface area contributed by atoms with E-state index >= 15 is 0 Å². The van der Waals surface area contributed by atoms with Crippen LogP contribution in [0.5, 0.6) is 0 Å². The summed E-state index contributed by atoms with van der Waals surface area (Å²) in [5.74, 6) is -0.489. The first-order valence-electron chi connectivity index (χ1n) is 4.84. The van der Waals surface area contributed by atoms with Crippen LogP contribution in [-0.2, 0) is 4.79 Å². The highest BCUT2D eigenvalue weighted by atomic mass is 35.5. The number of halogens is 2. The largest absolute Gasteiger partial charge is 0.373 e. The molecule has 0 bridgehead atoms. The van der Waals surface area contributed by atoms with Crippen molar-refractivity contribution in [2.45, 2.75) is 13.0 Å². The number of anilines is 1. The van der Waals surface area contributed by atoms with Crippen molar-refractivity contribution in [2.24, 2.45) is 0 Å². The zero-order chi connectivity index (χ0) is 12.3. The molecule has 0 aliphatic carbocycles. The summed E-state index contributed by atoms with van der Waals surface area (Å²) in [5.41, 5.74) is 0.421. The van der Waals surface area contributed by atoms with Gasteiger partial charge in [0.1, 0.15) is 11.9 Å². The molecular formula is C11H14ClFN2O. The van der Waals surface area contributed by atoms with Crippen LogP contribution in [0.2, 0.25) is 5.02 Å². The molecule has 0 saturated heterocycles. The molecule has 5 heteroatoms. The van der Waals surface area contributed by atoms with Gasteiger partial charge < -0.3 is 10.2 Å². The van der Waals surface area contributed by atoms with E-state index in [1.54, 1.807) is 21.0 Å². The van der Waals surface area contributed by atoms with E-state index in [0.717, 1.165) is 0 Å². The Labute approximate surface area is 99.2 Å². The highest BCUT2D eigenvalue weighted by molar-refractivity contribution is 6.33. The van der Waals surface area contributed by atoms with Crippen molar-refractivity contribution in [1.82, 2.24) is 4.90 Å². The maximum atomic E-state index is 13.0.